The number of carbonyl (C=O) groups excluding carboxylic acids is 1. The molecule has 2 amide bonds. The minimum absolute atomic E-state index is 0.249. The molecule has 0 radical (unpaired) electrons. The first-order chi connectivity index (χ1) is 11.7. The van der Waals surface area contributed by atoms with Crippen LogP contribution in [0.4, 0.5) is 10.5 Å². The first-order valence-corrected chi connectivity index (χ1v) is 8.31. The second-order valence-electron chi connectivity index (χ2n) is 5.14. The number of urea groups is 1. The van der Waals surface area contributed by atoms with E-state index in [1.54, 1.807) is 29.3 Å². The normalized spacial score (nSPS) is 10.4. The Labute approximate surface area is 144 Å². The molecule has 0 fully saturated rings. The van der Waals surface area contributed by atoms with E-state index in [-0.39, 0.29) is 6.03 Å². The largest absolute Gasteiger partial charge is 0.497 e. The van der Waals surface area contributed by atoms with Gasteiger partial charge < -0.3 is 15.4 Å². The Hall–Kier alpha value is -2.80. The minimum atomic E-state index is -0.249. The smallest absolute Gasteiger partial charge is 0.319 e. The monoisotopic (exact) mass is 342 g/mol. The number of hydrogen-bond acceptors (Lipinski definition) is 4. The number of aromatic nitrogens is 2. The molecule has 0 saturated carbocycles. The van der Waals surface area contributed by atoms with Crippen molar-refractivity contribution in [3.63, 3.8) is 0 Å². The molecule has 7 heteroatoms. The summed E-state index contributed by atoms with van der Waals surface area (Å²) in [6.07, 6.45) is 1.64. The average Bonchev–Trinajstić information content (AvgIpc) is 3.24. The lowest BCUT2D eigenvalue weighted by atomic mass is 10.3. The van der Waals surface area contributed by atoms with Gasteiger partial charge in [0.2, 0.25) is 0 Å². The zero-order valence-electron chi connectivity index (χ0n) is 13.4. The molecule has 0 saturated heterocycles. The predicted octanol–water partition coefficient (Wildman–Crippen LogP) is 3.57. The summed E-state index contributed by atoms with van der Waals surface area (Å²) in [7, 11) is 1.63. The summed E-state index contributed by atoms with van der Waals surface area (Å²) in [5.74, 6) is 0.787. The van der Waals surface area contributed by atoms with Crippen LogP contribution < -0.4 is 15.4 Å². The van der Waals surface area contributed by atoms with Gasteiger partial charge in [-0.25, -0.2) is 9.48 Å². The number of nitrogens with zero attached hydrogens (tertiary/aromatic N) is 2. The standard InChI is InChI=1S/C17H18N4O2S/c1-12-16(20-17(22)18-10-15-4-3-9-24-15)11-19-21(12)13-5-7-14(23-2)8-6-13/h3-9,11H,10H2,1-2H3,(H2,18,20,22). The van der Waals surface area contributed by atoms with E-state index in [1.807, 2.05) is 48.7 Å². The van der Waals surface area contributed by atoms with Crippen LogP contribution >= 0.6 is 11.3 Å². The molecule has 0 aliphatic carbocycles. The molecule has 1 aromatic carbocycles. The third-order valence-corrected chi connectivity index (χ3v) is 4.45. The van der Waals surface area contributed by atoms with Gasteiger partial charge in [-0.1, -0.05) is 6.07 Å². The quantitative estimate of drug-likeness (QED) is 0.745. The number of anilines is 1. The molecule has 3 aromatic rings. The lowest BCUT2D eigenvalue weighted by Crippen LogP contribution is -2.28. The van der Waals surface area contributed by atoms with Crippen LogP contribution in [-0.4, -0.2) is 22.9 Å². The highest BCUT2D eigenvalue weighted by atomic mass is 32.1. The first-order valence-electron chi connectivity index (χ1n) is 7.43. The molecule has 124 valence electrons. The van der Waals surface area contributed by atoms with Gasteiger partial charge in [0.1, 0.15) is 5.75 Å². The van der Waals surface area contributed by atoms with E-state index in [2.05, 4.69) is 15.7 Å². The molecule has 6 nitrogen and oxygen atoms in total. The minimum Gasteiger partial charge on any atom is -0.497 e. The predicted molar refractivity (Wildman–Crippen MR) is 95.0 cm³/mol. The van der Waals surface area contributed by atoms with E-state index < -0.39 is 0 Å². The van der Waals surface area contributed by atoms with Crippen LogP contribution in [0.5, 0.6) is 5.75 Å². The van der Waals surface area contributed by atoms with E-state index in [0.29, 0.717) is 12.2 Å². The highest BCUT2D eigenvalue weighted by molar-refractivity contribution is 7.09. The Morgan fingerprint density at radius 1 is 1.29 bits per heavy atom. The summed E-state index contributed by atoms with van der Waals surface area (Å²) < 4.78 is 6.93. The fourth-order valence-electron chi connectivity index (χ4n) is 2.26. The molecule has 24 heavy (non-hydrogen) atoms. The van der Waals surface area contributed by atoms with Gasteiger partial charge in [0.05, 0.1) is 36.9 Å². The highest BCUT2D eigenvalue weighted by Gasteiger charge is 2.11. The Morgan fingerprint density at radius 3 is 2.75 bits per heavy atom. The van der Waals surface area contributed by atoms with Crippen LogP contribution in [0.15, 0.2) is 48.0 Å². The summed E-state index contributed by atoms with van der Waals surface area (Å²) in [5.41, 5.74) is 2.43. The Morgan fingerprint density at radius 2 is 2.08 bits per heavy atom. The molecular formula is C17H18N4O2S. The van der Waals surface area contributed by atoms with Gasteiger partial charge in [0.15, 0.2) is 0 Å². The highest BCUT2D eigenvalue weighted by Crippen LogP contribution is 2.20. The number of methoxy groups -OCH3 is 1. The summed E-state index contributed by atoms with van der Waals surface area (Å²) in [4.78, 5) is 13.1. The number of carbonyl (C=O) groups is 1. The number of nitrogens with one attached hydrogen (secondary N) is 2. The van der Waals surface area contributed by atoms with E-state index in [4.69, 9.17) is 4.74 Å². The topological polar surface area (TPSA) is 68.2 Å². The van der Waals surface area contributed by atoms with Gasteiger partial charge in [-0.3, -0.25) is 0 Å². The van der Waals surface area contributed by atoms with Crippen LogP contribution in [0.2, 0.25) is 0 Å². The van der Waals surface area contributed by atoms with Crippen LogP contribution in [0.3, 0.4) is 0 Å². The Balaban J connectivity index is 1.66. The molecule has 0 aliphatic heterocycles. The third kappa shape index (κ3) is 3.57. The van der Waals surface area contributed by atoms with E-state index in [9.17, 15) is 4.79 Å². The van der Waals surface area contributed by atoms with Gasteiger partial charge in [-0.15, -0.1) is 11.3 Å². The molecule has 0 unspecified atom stereocenters. The number of hydrogen-bond donors (Lipinski definition) is 2. The number of rotatable bonds is 5. The van der Waals surface area contributed by atoms with Gasteiger partial charge in [-0.2, -0.15) is 5.10 Å². The van der Waals surface area contributed by atoms with Crippen molar-refractivity contribution < 1.29 is 9.53 Å². The van der Waals surface area contributed by atoms with Crippen molar-refractivity contribution in [3.8, 4) is 11.4 Å². The summed E-state index contributed by atoms with van der Waals surface area (Å²) in [6, 6.07) is 11.3. The molecule has 2 aromatic heterocycles. The van der Waals surface area contributed by atoms with Crippen molar-refractivity contribution in [2.45, 2.75) is 13.5 Å². The second-order valence-corrected chi connectivity index (χ2v) is 6.17. The average molecular weight is 342 g/mol. The lowest BCUT2D eigenvalue weighted by molar-refractivity contribution is 0.252. The van der Waals surface area contributed by atoms with Gasteiger partial charge in [0.25, 0.3) is 0 Å². The molecule has 0 bridgehead atoms. The molecular weight excluding hydrogens is 324 g/mol. The maximum atomic E-state index is 12.0. The molecule has 0 atom stereocenters. The van der Waals surface area contributed by atoms with Gasteiger partial charge >= 0.3 is 6.03 Å². The fourth-order valence-corrected chi connectivity index (χ4v) is 2.91. The molecule has 3 rings (SSSR count). The first kappa shape index (κ1) is 16.1. The fraction of sp³-hybridized carbons (Fsp3) is 0.176. The Kier molecular flexibility index (Phi) is 4.81. The third-order valence-electron chi connectivity index (χ3n) is 3.58. The van der Waals surface area contributed by atoms with E-state index in [0.717, 1.165) is 22.0 Å². The van der Waals surface area contributed by atoms with E-state index in [1.165, 1.54) is 0 Å². The number of ether oxygens (including phenoxy) is 1. The second kappa shape index (κ2) is 7.18. The van der Waals surface area contributed by atoms with Crippen LogP contribution in [0.1, 0.15) is 10.6 Å². The maximum Gasteiger partial charge on any atom is 0.319 e. The van der Waals surface area contributed by atoms with Crippen molar-refractivity contribution in [1.29, 1.82) is 0 Å². The van der Waals surface area contributed by atoms with Gasteiger partial charge in [-0.05, 0) is 42.6 Å². The van der Waals surface area contributed by atoms with Gasteiger partial charge in [0, 0.05) is 4.88 Å². The SMILES string of the molecule is COc1ccc(-n2ncc(NC(=O)NCc3cccs3)c2C)cc1. The van der Waals surface area contributed by atoms with Crippen molar-refractivity contribution in [3.05, 3.63) is 58.5 Å². The summed E-state index contributed by atoms with van der Waals surface area (Å²) in [5, 5.41) is 12.0. The lowest BCUT2D eigenvalue weighted by Gasteiger charge is -2.08. The van der Waals surface area contributed by atoms with Crippen LogP contribution in [0.25, 0.3) is 5.69 Å². The van der Waals surface area contributed by atoms with Crippen molar-refractivity contribution in [2.75, 3.05) is 12.4 Å². The zero-order valence-corrected chi connectivity index (χ0v) is 14.3. The van der Waals surface area contributed by atoms with Crippen molar-refractivity contribution in [1.82, 2.24) is 15.1 Å². The summed E-state index contributed by atoms with van der Waals surface area (Å²) in [6.45, 7) is 2.42. The zero-order chi connectivity index (χ0) is 16.9. The summed E-state index contributed by atoms with van der Waals surface area (Å²) >= 11 is 1.61. The van der Waals surface area contributed by atoms with Crippen molar-refractivity contribution in [2.24, 2.45) is 0 Å². The molecule has 0 aliphatic rings. The van der Waals surface area contributed by atoms with Crippen LogP contribution in [0, 0.1) is 6.92 Å². The van der Waals surface area contributed by atoms with Crippen molar-refractivity contribution >= 4 is 23.1 Å². The number of thiophene rings is 1. The molecule has 0 spiro atoms. The molecule has 2 heterocycles. The maximum absolute atomic E-state index is 12.0. The van der Waals surface area contributed by atoms with Crippen LogP contribution in [-0.2, 0) is 6.54 Å². The van der Waals surface area contributed by atoms with E-state index >= 15 is 0 Å². The number of benzene rings is 1. The Bertz CT molecular complexity index is 810. The number of amides is 2. The molecule has 2 N–H and O–H groups in total.